The van der Waals surface area contributed by atoms with Gasteiger partial charge in [-0.2, -0.15) is 0 Å². The highest BCUT2D eigenvalue weighted by molar-refractivity contribution is 5.43. The molecule has 1 heterocycles. The van der Waals surface area contributed by atoms with Crippen molar-refractivity contribution in [1.29, 1.82) is 0 Å². The number of benzene rings is 1. The molecule has 0 radical (unpaired) electrons. The molecule has 1 aromatic carbocycles. The summed E-state index contributed by atoms with van der Waals surface area (Å²) >= 11 is 0. The average molecular weight is 278 g/mol. The molecule has 0 amide bonds. The van der Waals surface area contributed by atoms with Crippen molar-refractivity contribution in [2.75, 3.05) is 33.3 Å². The molecule has 0 aromatic heterocycles. The van der Waals surface area contributed by atoms with Crippen LogP contribution >= 0.6 is 0 Å². The van der Waals surface area contributed by atoms with E-state index in [4.69, 9.17) is 4.74 Å². The molecule has 1 fully saturated rings. The van der Waals surface area contributed by atoms with Crippen molar-refractivity contribution in [2.24, 2.45) is 5.41 Å². The van der Waals surface area contributed by atoms with Gasteiger partial charge in [-0.1, -0.05) is 26.8 Å². The van der Waals surface area contributed by atoms with E-state index in [1.54, 1.807) is 7.11 Å². The molecule has 2 N–H and O–H groups in total. The molecule has 1 aromatic rings. The highest BCUT2D eigenvalue weighted by Crippen LogP contribution is 2.40. The first kappa shape index (κ1) is 15.1. The lowest BCUT2D eigenvalue weighted by atomic mass is 9.81. The summed E-state index contributed by atoms with van der Waals surface area (Å²) in [6.45, 7) is 10.9. The molecule has 1 aliphatic heterocycles. The fourth-order valence-corrected chi connectivity index (χ4v) is 3.08. The van der Waals surface area contributed by atoms with Gasteiger partial charge in [-0.05, 0) is 23.1 Å². The lowest BCUT2D eigenvalue weighted by Crippen LogP contribution is -2.48. The van der Waals surface area contributed by atoms with Gasteiger partial charge < -0.3 is 15.2 Å². The van der Waals surface area contributed by atoms with Crippen molar-refractivity contribution in [1.82, 2.24) is 10.2 Å². The lowest BCUT2D eigenvalue weighted by Gasteiger charge is -2.42. The van der Waals surface area contributed by atoms with Crippen LogP contribution in [0.25, 0.3) is 0 Å². The summed E-state index contributed by atoms with van der Waals surface area (Å²) in [5.41, 5.74) is 1.26. The van der Waals surface area contributed by atoms with Crippen LogP contribution in [0, 0.1) is 5.41 Å². The number of hydrogen-bond acceptors (Lipinski definition) is 4. The maximum atomic E-state index is 10.0. The van der Waals surface area contributed by atoms with Crippen molar-refractivity contribution in [3.63, 3.8) is 0 Å². The number of ether oxygens (including phenoxy) is 1. The maximum absolute atomic E-state index is 10.0. The summed E-state index contributed by atoms with van der Waals surface area (Å²) in [5.74, 6) is 0.746. The molecule has 0 bridgehead atoms. The monoisotopic (exact) mass is 278 g/mol. The molecular formula is C16H26N2O2. The number of nitrogens with zero attached hydrogens (tertiary/aromatic N) is 1. The van der Waals surface area contributed by atoms with Crippen molar-refractivity contribution in [2.45, 2.75) is 26.8 Å². The van der Waals surface area contributed by atoms with E-state index >= 15 is 0 Å². The fourth-order valence-electron chi connectivity index (χ4n) is 3.08. The van der Waals surface area contributed by atoms with Gasteiger partial charge in [0.2, 0.25) is 0 Å². The molecule has 20 heavy (non-hydrogen) atoms. The SMILES string of the molecule is COc1ccc([C@@H](N2CCNCC2)C(C)(C)C)cc1O. The Bertz CT molecular complexity index is 448. The molecule has 4 heteroatoms. The minimum atomic E-state index is 0.109. The number of nitrogens with one attached hydrogen (secondary N) is 1. The number of rotatable bonds is 3. The van der Waals surface area contributed by atoms with E-state index in [0.29, 0.717) is 11.8 Å². The first-order valence-electron chi connectivity index (χ1n) is 7.25. The Hall–Kier alpha value is -1.26. The summed E-state index contributed by atoms with van der Waals surface area (Å²) in [7, 11) is 1.58. The van der Waals surface area contributed by atoms with Crippen LogP contribution in [0.1, 0.15) is 32.4 Å². The van der Waals surface area contributed by atoms with E-state index < -0.39 is 0 Å². The van der Waals surface area contributed by atoms with Crippen LogP contribution in [0.2, 0.25) is 0 Å². The predicted octanol–water partition coefficient (Wildman–Crippen LogP) is 2.39. The van der Waals surface area contributed by atoms with Crippen LogP contribution in [0.5, 0.6) is 11.5 Å². The third kappa shape index (κ3) is 3.25. The van der Waals surface area contributed by atoms with E-state index in [2.05, 4.69) is 37.1 Å². The molecule has 112 valence electrons. The van der Waals surface area contributed by atoms with E-state index in [9.17, 15) is 5.11 Å². The maximum Gasteiger partial charge on any atom is 0.160 e. The van der Waals surface area contributed by atoms with Crippen LogP contribution in [-0.2, 0) is 0 Å². The van der Waals surface area contributed by atoms with E-state index in [1.165, 1.54) is 0 Å². The Morgan fingerprint density at radius 1 is 1.25 bits per heavy atom. The van der Waals surface area contributed by atoms with Crippen LogP contribution < -0.4 is 10.1 Å². The summed E-state index contributed by atoms with van der Waals surface area (Å²) in [5, 5.41) is 13.4. The largest absolute Gasteiger partial charge is 0.504 e. The molecule has 0 unspecified atom stereocenters. The van der Waals surface area contributed by atoms with Gasteiger partial charge in [0, 0.05) is 32.2 Å². The molecule has 1 aliphatic rings. The van der Waals surface area contributed by atoms with Crippen LogP contribution in [-0.4, -0.2) is 43.3 Å². The first-order chi connectivity index (χ1) is 9.43. The van der Waals surface area contributed by atoms with Gasteiger partial charge in [-0.25, -0.2) is 0 Å². The first-order valence-corrected chi connectivity index (χ1v) is 7.25. The van der Waals surface area contributed by atoms with Crippen molar-refractivity contribution in [3.05, 3.63) is 23.8 Å². The van der Waals surface area contributed by atoms with Gasteiger partial charge in [0.15, 0.2) is 11.5 Å². The van der Waals surface area contributed by atoms with Gasteiger partial charge >= 0.3 is 0 Å². The zero-order valence-corrected chi connectivity index (χ0v) is 12.9. The fraction of sp³-hybridized carbons (Fsp3) is 0.625. The molecule has 2 rings (SSSR count). The van der Waals surface area contributed by atoms with E-state index in [-0.39, 0.29) is 11.2 Å². The van der Waals surface area contributed by atoms with Crippen LogP contribution in [0.3, 0.4) is 0 Å². The van der Waals surface area contributed by atoms with E-state index in [0.717, 1.165) is 31.7 Å². The zero-order valence-electron chi connectivity index (χ0n) is 12.9. The second-order valence-corrected chi connectivity index (χ2v) is 6.49. The molecule has 0 spiro atoms. The van der Waals surface area contributed by atoms with Crippen molar-refractivity contribution < 1.29 is 9.84 Å². The molecule has 0 aliphatic carbocycles. The van der Waals surface area contributed by atoms with E-state index in [1.807, 2.05) is 12.1 Å². The average Bonchev–Trinajstić information content (AvgIpc) is 2.39. The number of aromatic hydroxyl groups is 1. The Kier molecular flexibility index (Phi) is 4.55. The summed E-state index contributed by atoms with van der Waals surface area (Å²) < 4.78 is 5.14. The van der Waals surface area contributed by atoms with Gasteiger partial charge in [-0.3, -0.25) is 4.90 Å². The predicted molar refractivity (Wildman–Crippen MR) is 81.3 cm³/mol. The number of phenolic OH excluding ortho intramolecular Hbond substituents is 1. The Balaban J connectivity index is 2.33. The summed E-state index contributed by atoms with van der Waals surface area (Å²) in [4.78, 5) is 2.50. The highest BCUT2D eigenvalue weighted by atomic mass is 16.5. The number of hydrogen-bond donors (Lipinski definition) is 2. The molecule has 1 saturated heterocycles. The van der Waals surface area contributed by atoms with Crippen molar-refractivity contribution in [3.8, 4) is 11.5 Å². The minimum Gasteiger partial charge on any atom is -0.504 e. The summed E-state index contributed by atoms with van der Waals surface area (Å²) in [6.07, 6.45) is 0. The molecule has 1 atom stereocenters. The zero-order chi connectivity index (χ0) is 14.8. The van der Waals surface area contributed by atoms with Gasteiger partial charge in [0.25, 0.3) is 0 Å². The van der Waals surface area contributed by atoms with Crippen LogP contribution in [0.15, 0.2) is 18.2 Å². The molecular weight excluding hydrogens is 252 g/mol. The topological polar surface area (TPSA) is 44.7 Å². The minimum absolute atomic E-state index is 0.109. The van der Waals surface area contributed by atoms with Gasteiger partial charge in [0.1, 0.15) is 0 Å². The smallest absolute Gasteiger partial charge is 0.160 e. The van der Waals surface area contributed by atoms with Crippen molar-refractivity contribution >= 4 is 0 Å². The Labute approximate surface area is 121 Å². The third-order valence-corrected chi connectivity index (χ3v) is 3.86. The Morgan fingerprint density at radius 3 is 2.40 bits per heavy atom. The molecule has 0 saturated carbocycles. The second-order valence-electron chi connectivity index (χ2n) is 6.49. The quantitative estimate of drug-likeness (QED) is 0.891. The summed E-state index contributed by atoms with van der Waals surface area (Å²) in [6, 6.07) is 6.06. The normalized spacial score (nSPS) is 18.8. The Morgan fingerprint density at radius 2 is 1.90 bits per heavy atom. The number of piperazine rings is 1. The number of phenols is 1. The van der Waals surface area contributed by atoms with Gasteiger partial charge in [-0.15, -0.1) is 0 Å². The lowest BCUT2D eigenvalue weighted by molar-refractivity contribution is 0.0860. The third-order valence-electron chi connectivity index (χ3n) is 3.86. The highest BCUT2D eigenvalue weighted by Gasteiger charge is 2.32. The van der Waals surface area contributed by atoms with Crippen LogP contribution in [0.4, 0.5) is 0 Å². The van der Waals surface area contributed by atoms with Gasteiger partial charge in [0.05, 0.1) is 7.11 Å². The second kappa shape index (κ2) is 6.02. The standard InChI is InChI=1S/C16H26N2O2/c1-16(2,3)15(18-9-7-17-8-10-18)12-5-6-14(20-4)13(19)11-12/h5-6,11,15,17,19H,7-10H2,1-4H3/t15-/m1/s1. The number of methoxy groups -OCH3 is 1. The molecule has 4 nitrogen and oxygen atoms in total.